The van der Waals surface area contributed by atoms with Crippen LogP contribution in [0.1, 0.15) is 26.7 Å². The Balaban J connectivity index is 2.59. The smallest absolute Gasteiger partial charge is 0.374 e. The van der Waals surface area contributed by atoms with Gasteiger partial charge in [0.25, 0.3) is 0 Å². The summed E-state index contributed by atoms with van der Waals surface area (Å²) in [4.78, 5) is 29.7. The normalized spacial score (nSPS) is 10.4. The fraction of sp³-hybridized carbons (Fsp3) is 0.111. The highest BCUT2D eigenvalue weighted by Gasteiger charge is 2.26. The van der Waals surface area contributed by atoms with Crippen molar-refractivity contribution < 1.29 is 24.2 Å². The summed E-state index contributed by atoms with van der Waals surface area (Å²) in [5, 5.41) is 17.6. The van der Waals surface area contributed by atoms with Crippen molar-refractivity contribution in [3.63, 3.8) is 0 Å². The maximum Gasteiger partial charge on any atom is 0.374 e. The van der Waals surface area contributed by atoms with Gasteiger partial charge in [0.15, 0.2) is 0 Å². The highest BCUT2D eigenvalue weighted by atomic mass is 32.1. The molecule has 2 rings (SSSR count). The van der Waals surface area contributed by atoms with Crippen LogP contribution >= 0.6 is 11.3 Å². The summed E-state index contributed by atoms with van der Waals surface area (Å²) < 4.78 is 4.94. The van der Waals surface area contributed by atoms with E-state index < -0.39 is 23.4 Å². The number of carboxylic acids is 2. The van der Waals surface area contributed by atoms with Crippen LogP contribution in [0.25, 0.3) is 10.8 Å². The summed E-state index contributed by atoms with van der Waals surface area (Å²) >= 11 is 1.19. The predicted molar refractivity (Wildman–Crippen MR) is 56.3 cm³/mol. The van der Waals surface area contributed by atoms with Crippen molar-refractivity contribution in [2.45, 2.75) is 6.92 Å². The Morgan fingerprint density at radius 1 is 1.35 bits per heavy atom. The monoisotopic (exact) mass is 254 g/mol. The number of aromatic nitrogens is 2. The van der Waals surface area contributed by atoms with Crippen molar-refractivity contribution in [1.82, 2.24) is 9.97 Å². The molecule has 0 atom stereocenters. The maximum absolute atomic E-state index is 10.8. The maximum atomic E-state index is 10.8. The third kappa shape index (κ3) is 1.89. The number of carbonyl (C=O) groups is 2. The minimum absolute atomic E-state index is 0.0419. The first-order chi connectivity index (χ1) is 8.00. The Morgan fingerprint density at radius 2 is 2.06 bits per heavy atom. The number of rotatable bonds is 3. The van der Waals surface area contributed by atoms with E-state index in [1.165, 1.54) is 16.8 Å². The second-order valence-electron chi connectivity index (χ2n) is 3.07. The second kappa shape index (κ2) is 3.98. The van der Waals surface area contributed by atoms with E-state index in [0.717, 1.165) is 0 Å². The average Bonchev–Trinajstić information content (AvgIpc) is 2.82. The molecular weight excluding hydrogens is 248 g/mol. The van der Waals surface area contributed by atoms with E-state index in [0.29, 0.717) is 10.6 Å². The van der Waals surface area contributed by atoms with Gasteiger partial charge in [-0.25, -0.2) is 19.6 Å². The lowest BCUT2D eigenvalue weighted by Gasteiger charge is -1.89. The van der Waals surface area contributed by atoms with E-state index >= 15 is 0 Å². The van der Waals surface area contributed by atoms with Gasteiger partial charge in [-0.15, -0.1) is 11.3 Å². The molecule has 0 radical (unpaired) electrons. The van der Waals surface area contributed by atoms with Crippen LogP contribution in [0.4, 0.5) is 0 Å². The molecule has 0 aliphatic carbocycles. The van der Waals surface area contributed by atoms with Crippen LogP contribution in [0.5, 0.6) is 0 Å². The zero-order valence-corrected chi connectivity index (χ0v) is 9.32. The highest BCUT2D eigenvalue weighted by Crippen LogP contribution is 2.28. The van der Waals surface area contributed by atoms with E-state index in [2.05, 4.69) is 9.97 Å². The highest BCUT2D eigenvalue weighted by molar-refractivity contribution is 7.13. The van der Waals surface area contributed by atoms with Gasteiger partial charge in [-0.3, -0.25) is 0 Å². The number of thiazole rings is 1. The molecule has 0 saturated heterocycles. The molecule has 0 aliphatic rings. The summed E-state index contributed by atoms with van der Waals surface area (Å²) in [7, 11) is 0. The second-order valence-corrected chi connectivity index (χ2v) is 3.93. The Hall–Kier alpha value is -2.22. The quantitative estimate of drug-likeness (QED) is 0.852. The topological polar surface area (TPSA) is 114 Å². The lowest BCUT2D eigenvalue weighted by atomic mass is 10.3. The summed E-state index contributed by atoms with van der Waals surface area (Å²) in [6.45, 7) is 1.69. The zero-order chi connectivity index (χ0) is 12.6. The fourth-order valence-corrected chi connectivity index (χ4v) is 1.94. The van der Waals surface area contributed by atoms with Crippen molar-refractivity contribution in [3.05, 3.63) is 22.7 Å². The Morgan fingerprint density at radius 3 is 2.47 bits per heavy atom. The van der Waals surface area contributed by atoms with Gasteiger partial charge < -0.3 is 14.6 Å². The summed E-state index contributed by atoms with van der Waals surface area (Å²) in [5.41, 5.74) is 1.53. The molecule has 0 saturated carbocycles. The van der Waals surface area contributed by atoms with Crippen molar-refractivity contribution >= 4 is 23.3 Å². The predicted octanol–water partition coefficient (Wildman–Crippen LogP) is 1.50. The number of hydrogen-bond donors (Lipinski definition) is 2. The van der Waals surface area contributed by atoms with Gasteiger partial charge in [0.2, 0.25) is 17.3 Å². The van der Waals surface area contributed by atoms with Crippen LogP contribution in [0.2, 0.25) is 0 Å². The van der Waals surface area contributed by atoms with Gasteiger partial charge in [-0.1, -0.05) is 0 Å². The van der Waals surface area contributed by atoms with Gasteiger partial charge in [0, 0.05) is 0 Å². The molecule has 17 heavy (non-hydrogen) atoms. The molecule has 0 aliphatic heterocycles. The number of oxazole rings is 1. The molecule has 0 bridgehead atoms. The minimum atomic E-state index is -1.47. The number of carboxylic acid groups (broad SMARTS) is 2. The summed E-state index contributed by atoms with van der Waals surface area (Å²) in [5.74, 6) is -3.64. The first-order valence-corrected chi connectivity index (χ1v) is 5.26. The van der Waals surface area contributed by atoms with Gasteiger partial charge in [0.05, 0.1) is 11.2 Å². The molecular formula is C9H6N2O5S. The largest absolute Gasteiger partial charge is 0.476 e. The number of nitrogens with zero attached hydrogens (tertiary/aromatic N) is 2. The van der Waals surface area contributed by atoms with Crippen LogP contribution in [0.15, 0.2) is 9.93 Å². The summed E-state index contributed by atoms with van der Waals surface area (Å²) in [6.07, 6.45) is 0. The van der Waals surface area contributed by atoms with Crippen LogP contribution in [0, 0.1) is 6.92 Å². The first kappa shape index (κ1) is 11.3. The molecule has 2 aromatic rings. The molecule has 0 amide bonds. The molecule has 2 aromatic heterocycles. The first-order valence-electron chi connectivity index (χ1n) is 4.38. The van der Waals surface area contributed by atoms with Gasteiger partial charge in [-0.05, 0) is 6.92 Å². The molecule has 2 heterocycles. The van der Waals surface area contributed by atoms with Crippen molar-refractivity contribution in [3.8, 4) is 10.8 Å². The standard InChI is InChI=1S/C9H6N2O5S/c1-3-6(17-2-10-3)7-11-4(8(12)13)5(16-7)9(14)15/h2H,1H3,(H,12,13)(H,14,15). The van der Waals surface area contributed by atoms with Crippen molar-refractivity contribution in [1.29, 1.82) is 0 Å². The molecule has 8 heteroatoms. The Bertz CT molecular complexity index is 569. The van der Waals surface area contributed by atoms with E-state index in [1.54, 1.807) is 6.92 Å². The average molecular weight is 254 g/mol. The molecule has 2 N–H and O–H groups in total. The van der Waals surface area contributed by atoms with E-state index in [1.807, 2.05) is 0 Å². The number of aryl methyl sites for hydroxylation is 1. The van der Waals surface area contributed by atoms with Crippen LogP contribution in [-0.2, 0) is 0 Å². The van der Waals surface area contributed by atoms with E-state index in [9.17, 15) is 9.59 Å². The number of aromatic carboxylic acids is 2. The van der Waals surface area contributed by atoms with Crippen molar-refractivity contribution in [2.75, 3.05) is 0 Å². The SMILES string of the molecule is Cc1ncsc1-c1nc(C(=O)O)c(C(=O)O)o1. The molecule has 88 valence electrons. The molecule has 0 aromatic carbocycles. The minimum Gasteiger partial charge on any atom is -0.476 e. The fourth-order valence-electron chi connectivity index (χ4n) is 1.21. The summed E-state index contributed by atoms with van der Waals surface area (Å²) in [6, 6.07) is 0. The van der Waals surface area contributed by atoms with Gasteiger partial charge in [-0.2, -0.15) is 0 Å². The van der Waals surface area contributed by atoms with Crippen LogP contribution in [0.3, 0.4) is 0 Å². The lowest BCUT2D eigenvalue weighted by molar-refractivity contribution is 0.0624. The van der Waals surface area contributed by atoms with Crippen molar-refractivity contribution in [2.24, 2.45) is 0 Å². The number of hydrogen-bond acceptors (Lipinski definition) is 6. The van der Waals surface area contributed by atoms with Crippen LogP contribution in [-0.4, -0.2) is 32.1 Å². The van der Waals surface area contributed by atoms with Gasteiger partial charge >= 0.3 is 11.9 Å². The molecule has 0 fully saturated rings. The Labute approximate surface area is 98.4 Å². The van der Waals surface area contributed by atoms with Gasteiger partial charge in [0.1, 0.15) is 4.88 Å². The third-order valence-corrected chi connectivity index (χ3v) is 2.88. The Kier molecular flexibility index (Phi) is 2.64. The van der Waals surface area contributed by atoms with E-state index in [4.69, 9.17) is 14.6 Å². The molecule has 7 nitrogen and oxygen atoms in total. The third-order valence-electron chi connectivity index (χ3n) is 1.96. The van der Waals surface area contributed by atoms with E-state index in [-0.39, 0.29) is 5.89 Å². The lowest BCUT2D eigenvalue weighted by Crippen LogP contribution is -2.05. The van der Waals surface area contributed by atoms with Crippen LogP contribution < -0.4 is 0 Å². The molecule has 0 unspecified atom stereocenters. The molecule has 0 spiro atoms. The zero-order valence-electron chi connectivity index (χ0n) is 8.50.